The topological polar surface area (TPSA) is 67.3 Å². The number of pyridine rings is 1. The fraction of sp³-hybridized carbons (Fsp3) is 0.120. The van der Waals surface area contributed by atoms with Gasteiger partial charge in [0.15, 0.2) is 5.43 Å². The number of amides is 2. The van der Waals surface area contributed by atoms with Gasteiger partial charge in [-0.3, -0.25) is 24.3 Å². The number of rotatable bonds is 2. The summed E-state index contributed by atoms with van der Waals surface area (Å²) in [6.07, 6.45) is 7.46. The molecule has 0 unspecified atom stereocenters. The van der Waals surface area contributed by atoms with E-state index in [0.717, 1.165) is 16.0 Å². The Labute approximate surface area is 174 Å². The SMILES string of the molecule is CC(=O)N(C(C)=O)C1=CC=CCc2c1ccc1ncc(-c3ccccc3)cc1c2=O. The Balaban J connectivity index is 1.99. The van der Waals surface area contributed by atoms with E-state index in [4.69, 9.17) is 0 Å². The van der Waals surface area contributed by atoms with E-state index in [2.05, 4.69) is 4.98 Å². The minimum atomic E-state index is -0.400. The van der Waals surface area contributed by atoms with Crippen LogP contribution in [-0.4, -0.2) is 21.7 Å². The maximum absolute atomic E-state index is 13.5. The van der Waals surface area contributed by atoms with Gasteiger partial charge in [0.25, 0.3) is 0 Å². The predicted molar refractivity (Wildman–Crippen MR) is 117 cm³/mol. The third-order valence-corrected chi connectivity index (χ3v) is 5.14. The van der Waals surface area contributed by atoms with Crippen LogP contribution in [0.25, 0.3) is 27.7 Å². The minimum Gasteiger partial charge on any atom is -0.289 e. The fourth-order valence-electron chi connectivity index (χ4n) is 3.76. The Morgan fingerprint density at radius 3 is 2.40 bits per heavy atom. The summed E-state index contributed by atoms with van der Waals surface area (Å²) in [4.78, 5) is 43.4. The molecule has 0 atom stereocenters. The van der Waals surface area contributed by atoms with Crippen molar-refractivity contribution in [3.05, 3.63) is 94.3 Å². The molecule has 5 nitrogen and oxygen atoms in total. The molecule has 1 aliphatic carbocycles. The summed E-state index contributed by atoms with van der Waals surface area (Å²) < 4.78 is 0. The monoisotopic (exact) mass is 396 g/mol. The smallest absolute Gasteiger partial charge is 0.230 e. The second kappa shape index (κ2) is 7.87. The number of carbonyl (C=O) groups excluding carboxylic acids is 2. The lowest BCUT2D eigenvalue weighted by Crippen LogP contribution is -2.32. The van der Waals surface area contributed by atoms with Gasteiger partial charge in [0.05, 0.1) is 11.2 Å². The molecule has 1 aromatic heterocycles. The molecule has 0 bridgehead atoms. The Hall–Kier alpha value is -3.86. The molecule has 2 amide bonds. The van der Waals surface area contributed by atoms with Gasteiger partial charge in [0, 0.05) is 42.1 Å². The predicted octanol–water partition coefficient (Wildman–Crippen LogP) is 4.11. The van der Waals surface area contributed by atoms with Crippen LogP contribution in [0.15, 0.2) is 77.8 Å². The average molecular weight is 396 g/mol. The number of carbonyl (C=O) groups is 2. The summed E-state index contributed by atoms with van der Waals surface area (Å²) in [5.41, 5.74) is 3.74. The second-order valence-corrected chi connectivity index (χ2v) is 7.14. The number of fused-ring (bicyclic) bond motifs is 2. The van der Waals surface area contributed by atoms with E-state index >= 15 is 0 Å². The van der Waals surface area contributed by atoms with Crippen LogP contribution in [0.3, 0.4) is 0 Å². The van der Waals surface area contributed by atoms with Crippen LogP contribution in [0.4, 0.5) is 0 Å². The molecule has 0 saturated carbocycles. The first-order chi connectivity index (χ1) is 14.5. The third kappa shape index (κ3) is 3.46. The normalized spacial score (nSPS) is 12.7. The quantitative estimate of drug-likeness (QED) is 0.654. The third-order valence-electron chi connectivity index (χ3n) is 5.14. The molecule has 2 aromatic carbocycles. The maximum Gasteiger partial charge on any atom is 0.230 e. The molecule has 0 fully saturated rings. The fourth-order valence-corrected chi connectivity index (χ4v) is 3.76. The summed E-state index contributed by atoms with van der Waals surface area (Å²) in [5, 5.41) is 0.504. The molecule has 0 N–H and O–H groups in total. The summed E-state index contributed by atoms with van der Waals surface area (Å²) in [6, 6.07) is 15.1. The molecule has 1 heterocycles. The Bertz CT molecular complexity index is 1280. The van der Waals surface area contributed by atoms with Crippen molar-refractivity contribution >= 4 is 28.4 Å². The lowest BCUT2D eigenvalue weighted by molar-refractivity contribution is -0.137. The molecule has 0 saturated heterocycles. The van der Waals surface area contributed by atoms with Crippen molar-refractivity contribution in [3.63, 3.8) is 0 Å². The van der Waals surface area contributed by atoms with Gasteiger partial charge < -0.3 is 0 Å². The minimum absolute atomic E-state index is 0.153. The van der Waals surface area contributed by atoms with Crippen molar-refractivity contribution < 1.29 is 9.59 Å². The first-order valence-corrected chi connectivity index (χ1v) is 9.67. The van der Waals surface area contributed by atoms with Gasteiger partial charge in [0.1, 0.15) is 0 Å². The van der Waals surface area contributed by atoms with E-state index < -0.39 is 11.8 Å². The van der Waals surface area contributed by atoms with Crippen molar-refractivity contribution in [2.24, 2.45) is 0 Å². The Morgan fingerprint density at radius 2 is 1.70 bits per heavy atom. The van der Waals surface area contributed by atoms with Crippen molar-refractivity contribution in [3.8, 4) is 11.1 Å². The first-order valence-electron chi connectivity index (χ1n) is 9.67. The van der Waals surface area contributed by atoms with E-state index in [-0.39, 0.29) is 5.43 Å². The van der Waals surface area contributed by atoms with Crippen LogP contribution in [0.2, 0.25) is 0 Å². The zero-order chi connectivity index (χ0) is 21.3. The van der Waals surface area contributed by atoms with E-state index in [1.165, 1.54) is 13.8 Å². The van der Waals surface area contributed by atoms with E-state index in [1.807, 2.05) is 42.5 Å². The molecule has 5 heteroatoms. The molecule has 0 aliphatic heterocycles. The Kier molecular flexibility index (Phi) is 5.11. The highest BCUT2D eigenvalue weighted by atomic mass is 16.2. The van der Waals surface area contributed by atoms with E-state index in [9.17, 15) is 14.4 Å². The van der Waals surface area contributed by atoms with Gasteiger partial charge in [-0.1, -0.05) is 48.6 Å². The molecule has 0 radical (unpaired) electrons. The van der Waals surface area contributed by atoms with Gasteiger partial charge in [-0.25, -0.2) is 0 Å². The van der Waals surface area contributed by atoms with Gasteiger partial charge in [-0.2, -0.15) is 0 Å². The summed E-state index contributed by atoms with van der Waals surface area (Å²) in [5.74, 6) is -0.800. The molecular formula is C25H20N2O3. The van der Waals surface area contributed by atoms with Crippen molar-refractivity contribution in [2.75, 3.05) is 0 Å². The average Bonchev–Trinajstić information content (AvgIpc) is 3.01. The van der Waals surface area contributed by atoms with Gasteiger partial charge in [-0.05, 0) is 30.2 Å². The van der Waals surface area contributed by atoms with Crippen molar-refractivity contribution in [2.45, 2.75) is 20.3 Å². The standard InChI is InChI=1S/C25H20N2O3/c1-16(28)27(17(2)29)24-11-7-6-10-21-20(24)12-13-23-22(25(21)30)14-19(15-26-23)18-8-4-3-5-9-18/h3-9,11-15H,10H2,1-2H3. The van der Waals surface area contributed by atoms with E-state index in [0.29, 0.717) is 34.1 Å². The number of allylic oxidation sites excluding steroid dienone is 3. The van der Waals surface area contributed by atoms with Crippen LogP contribution < -0.4 is 5.43 Å². The second-order valence-electron chi connectivity index (χ2n) is 7.14. The molecule has 148 valence electrons. The molecule has 30 heavy (non-hydrogen) atoms. The van der Waals surface area contributed by atoms with Crippen molar-refractivity contribution in [1.29, 1.82) is 0 Å². The van der Waals surface area contributed by atoms with Crippen LogP contribution in [-0.2, 0) is 16.0 Å². The highest BCUT2D eigenvalue weighted by Crippen LogP contribution is 2.27. The zero-order valence-corrected chi connectivity index (χ0v) is 16.8. The summed E-state index contributed by atoms with van der Waals surface area (Å²) in [7, 11) is 0. The Morgan fingerprint density at radius 1 is 0.967 bits per heavy atom. The van der Waals surface area contributed by atoms with Crippen molar-refractivity contribution in [1.82, 2.24) is 9.88 Å². The molecule has 0 spiro atoms. The number of hydrogen-bond donors (Lipinski definition) is 0. The molecule has 3 aromatic rings. The first kappa shape index (κ1) is 19.5. The number of aromatic nitrogens is 1. The number of benzene rings is 1. The van der Waals surface area contributed by atoms with Crippen LogP contribution in [0.5, 0.6) is 0 Å². The highest BCUT2D eigenvalue weighted by molar-refractivity contribution is 6.03. The summed E-state index contributed by atoms with van der Waals surface area (Å²) >= 11 is 0. The summed E-state index contributed by atoms with van der Waals surface area (Å²) in [6.45, 7) is 2.67. The number of imide groups is 1. The molecule has 4 rings (SSSR count). The largest absolute Gasteiger partial charge is 0.289 e. The molecule has 1 aliphatic rings. The lowest BCUT2D eigenvalue weighted by atomic mass is 10.0. The molecular weight excluding hydrogens is 376 g/mol. The van der Waals surface area contributed by atoms with Gasteiger partial charge in [0.2, 0.25) is 11.8 Å². The number of hydrogen-bond acceptors (Lipinski definition) is 4. The van der Waals surface area contributed by atoms with Gasteiger partial charge in [-0.15, -0.1) is 0 Å². The maximum atomic E-state index is 13.5. The van der Waals surface area contributed by atoms with Crippen LogP contribution >= 0.6 is 0 Å². The van der Waals surface area contributed by atoms with Gasteiger partial charge >= 0.3 is 0 Å². The van der Waals surface area contributed by atoms with E-state index in [1.54, 1.807) is 30.5 Å². The highest BCUT2D eigenvalue weighted by Gasteiger charge is 2.24. The zero-order valence-electron chi connectivity index (χ0n) is 16.8. The van der Waals surface area contributed by atoms with Crippen LogP contribution in [0, 0.1) is 0 Å². The number of nitrogens with zero attached hydrogens (tertiary/aromatic N) is 2. The van der Waals surface area contributed by atoms with Crippen LogP contribution in [0.1, 0.15) is 25.0 Å². The lowest BCUT2D eigenvalue weighted by Gasteiger charge is -2.21.